The largest absolute Gasteiger partial charge is 0.467 e. The number of ether oxygens (including phenoxy) is 2. The third kappa shape index (κ3) is 6.55. The van der Waals surface area contributed by atoms with Crippen LogP contribution in [0.3, 0.4) is 0 Å². The van der Waals surface area contributed by atoms with Gasteiger partial charge in [-0.05, 0) is 46.5 Å². The summed E-state index contributed by atoms with van der Waals surface area (Å²) < 4.78 is 46.6. The third-order valence-corrected chi connectivity index (χ3v) is 16.1. The predicted molar refractivity (Wildman–Crippen MR) is 196 cm³/mol. The number of fused-ring (bicyclic) bond motifs is 1. The zero-order valence-corrected chi connectivity index (χ0v) is 30.6. The van der Waals surface area contributed by atoms with E-state index in [0.717, 1.165) is 20.5 Å². The minimum absolute atomic E-state index is 0.0233. The summed E-state index contributed by atoms with van der Waals surface area (Å²) in [5.74, 6) is -0.676. The van der Waals surface area contributed by atoms with Crippen molar-refractivity contribution in [2.24, 2.45) is 0 Å². The van der Waals surface area contributed by atoms with Crippen LogP contribution in [0.2, 0.25) is 5.04 Å². The van der Waals surface area contributed by atoms with Crippen molar-refractivity contribution in [3.63, 3.8) is 0 Å². The first-order valence-corrected chi connectivity index (χ1v) is 19.9. The Morgan fingerprint density at radius 3 is 2.12 bits per heavy atom. The second kappa shape index (κ2) is 14.0. The number of pyridine rings is 1. The Morgan fingerprint density at radius 2 is 1.61 bits per heavy atom. The number of esters is 1. The van der Waals surface area contributed by atoms with Crippen LogP contribution >= 0.6 is 0 Å². The van der Waals surface area contributed by atoms with E-state index in [1.807, 2.05) is 36.4 Å². The zero-order valence-electron chi connectivity index (χ0n) is 28.8. The number of nitrogens with one attached hydrogen (secondary N) is 1. The second-order valence-electron chi connectivity index (χ2n) is 13.6. The van der Waals surface area contributed by atoms with E-state index in [4.69, 9.17) is 13.9 Å². The number of nitrogens with zero attached hydrogens (tertiary/aromatic N) is 3. The van der Waals surface area contributed by atoms with Gasteiger partial charge in [0.05, 0.1) is 41.6 Å². The van der Waals surface area contributed by atoms with Gasteiger partial charge in [-0.25, -0.2) is 22.2 Å². The number of hydrogen-bond donors (Lipinski definition) is 1. The third-order valence-electron chi connectivity index (χ3n) is 9.46. The normalized spacial score (nSPS) is 18.3. The molecule has 0 spiro atoms. The van der Waals surface area contributed by atoms with Gasteiger partial charge in [-0.3, -0.25) is 10.1 Å². The molecule has 3 aromatic carbocycles. The molecule has 2 unspecified atom stereocenters. The highest BCUT2D eigenvalue weighted by Crippen LogP contribution is 2.40. The molecule has 1 fully saturated rings. The fourth-order valence-electron chi connectivity index (χ4n) is 6.90. The first-order valence-electron chi connectivity index (χ1n) is 16.5. The molecule has 0 radical (unpaired) electrons. The van der Waals surface area contributed by atoms with E-state index in [2.05, 4.69) is 55.3 Å². The van der Waals surface area contributed by atoms with E-state index in [0.29, 0.717) is 6.42 Å². The zero-order chi connectivity index (χ0) is 36.4. The molecule has 3 heterocycles. The number of carbonyl (C=O) groups is 1. The number of nitro groups is 1. The van der Waals surface area contributed by atoms with Crippen molar-refractivity contribution < 1.29 is 32.0 Å². The first-order chi connectivity index (χ1) is 24.3. The molecule has 12 nitrogen and oxygen atoms in total. The highest BCUT2D eigenvalue weighted by Gasteiger charge is 2.51. The molecule has 1 N–H and O–H groups in total. The van der Waals surface area contributed by atoms with E-state index in [1.165, 1.54) is 31.5 Å². The van der Waals surface area contributed by atoms with Gasteiger partial charge in [0, 0.05) is 6.20 Å². The van der Waals surface area contributed by atoms with Gasteiger partial charge in [-0.1, -0.05) is 99.6 Å². The number of benzene rings is 3. The van der Waals surface area contributed by atoms with E-state index in [-0.39, 0.29) is 46.3 Å². The number of hydrogen-bond acceptors (Lipinski definition) is 10. The molecule has 1 aliphatic rings. The summed E-state index contributed by atoms with van der Waals surface area (Å²) >= 11 is 0. The van der Waals surface area contributed by atoms with Gasteiger partial charge in [0.2, 0.25) is 0 Å². The standard InChI is InChI=1S/C37H40N4O8SSi/c1-36(2,3)51(29-16-10-6-11-17-29,30-18-12-7-13-19-30)49-25-27-20-22-37(26-48-27,35(42)47-4)39-33-31-21-23-40(34(31)38-24-32(33)41(43)44)50(45,46)28-14-8-5-9-15-28/h5-19,21,23-24,27H,20,22,25-26H2,1-4H3,(H,38,39). The lowest BCUT2D eigenvalue weighted by atomic mass is 9.89. The molecule has 0 aliphatic carbocycles. The summed E-state index contributed by atoms with van der Waals surface area (Å²) in [6.45, 7) is 6.64. The van der Waals surface area contributed by atoms with Gasteiger partial charge >= 0.3 is 11.7 Å². The molecule has 0 amide bonds. The van der Waals surface area contributed by atoms with Crippen molar-refractivity contribution in [2.75, 3.05) is 25.6 Å². The maximum absolute atomic E-state index is 13.5. The van der Waals surface area contributed by atoms with Crippen LogP contribution in [0.5, 0.6) is 0 Å². The summed E-state index contributed by atoms with van der Waals surface area (Å²) in [4.78, 5) is 29.3. The average molecular weight is 729 g/mol. The number of anilines is 1. The maximum Gasteiger partial charge on any atom is 0.333 e. The van der Waals surface area contributed by atoms with Gasteiger partial charge in [0.25, 0.3) is 18.3 Å². The van der Waals surface area contributed by atoms with Crippen LogP contribution in [0, 0.1) is 10.1 Å². The van der Waals surface area contributed by atoms with Crippen molar-refractivity contribution >= 4 is 57.1 Å². The van der Waals surface area contributed by atoms with Gasteiger partial charge < -0.3 is 19.2 Å². The lowest BCUT2D eigenvalue weighted by Crippen LogP contribution is -2.67. The van der Waals surface area contributed by atoms with E-state index >= 15 is 0 Å². The first kappa shape index (κ1) is 35.9. The van der Waals surface area contributed by atoms with Crippen LogP contribution in [-0.2, 0) is 28.7 Å². The topological polar surface area (TPSA) is 152 Å². The fourth-order valence-corrected chi connectivity index (χ4v) is 12.8. The maximum atomic E-state index is 13.5. The molecule has 2 atom stereocenters. The molecule has 51 heavy (non-hydrogen) atoms. The highest BCUT2D eigenvalue weighted by atomic mass is 32.2. The SMILES string of the molecule is COC(=O)C1(Nc2c([N+](=O)[O-])cnc3c2ccn3S(=O)(=O)c2ccccc2)CCC(CO[Si](c2ccccc2)(c2ccccc2)C(C)(C)C)OC1. The molecule has 0 bridgehead atoms. The Morgan fingerprint density at radius 1 is 1.02 bits per heavy atom. The molecule has 0 saturated carbocycles. The Bertz CT molecular complexity index is 2090. The van der Waals surface area contributed by atoms with Gasteiger partial charge in [0.15, 0.2) is 11.2 Å². The van der Waals surface area contributed by atoms with Crippen LogP contribution in [0.15, 0.2) is 114 Å². The van der Waals surface area contributed by atoms with Crippen molar-refractivity contribution in [1.82, 2.24) is 8.96 Å². The Labute approximate surface area is 297 Å². The minimum atomic E-state index is -4.09. The van der Waals surface area contributed by atoms with Gasteiger partial charge in [-0.2, -0.15) is 0 Å². The van der Waals surface area contributed by atoms with Gasteiger partial charge in [-0.15, -0.1) is 0 Å². The number of methoxy groups -OCH3 is 1. The van der Waals surface area contributed by atoms with Crippen molar-refractivity contribution in [2.45, 2.75) is 55.2 Å². The second-order valence-corrected chi connectivity index (χ2v) is 19.7. The summed E-state index contributed by atoms with van der Waals surface area (Å²) in [5, 5.41) is 17.5. The monoisotopic (exact) mass is 728 g/mol. The molecular formula is C37H40N4O8SSi. The Kier molecular flexibility index (Phi) is 9.88. The molecule has 2 aromatic heterocycles. The van der Waals surface area contributed by atoms with E-state index in [9.17, 15) is 23.3 Å². The average Bonchev–Trinajstić information content (AvgIpc) is 3.59. The molecule has 1 saturated heterocycles. The molecule has 1 aliphatic heterocycles. The summed E-state index contributed by atoms with van der Waals surface area (Å²) in [6.07, 6.45) is 2.44. The smallest absolute Gasteiger partial charge is 0.333 e. The summed E-state index contributed by atoms with van der Waals surface area (Å²) in [7, 11) is -5.72. The van der Waals surface area contributed by atoms with Crippen LogP contribution in [0.1, 0.15) is 33.6 Å². The van der Waals surface area contributed by atoms with Crippen LogP contribution in [0.4, 0.5) is 11.4 Å². The Hall–Kier alpha value is -4.89. The van der Waals surface area contributed by atoms with Crippen molar-refractivity contribution in [3.05, 3.63) is 120 Å². The predicted octanol–water partition coefficient (Wildman–Crippen LogP) is 5.26. The van der Waals surface area contributed by atoms with E-state index < -0.39 is 46.6 Å². The molecule has 14 heteroatoms. The molecule has 266 valence electrons. The highest BCUT2D eigenvalue weighted by molar-refractivity contribution is 7.90. The van der Waals surface area contributed by atoms with Crippen molar-refractivity contribution in [3.8, 4) is 0 Å². The molecule has 6 rings (SSSR count). The number of aromatic nitrogens is 2. The lowest BCUT2D eigenvalue weighted by Gasteiger charge is -2.45. The Balaban J connectivity index is 1.31. The minimum Gasteiger partial charge on any atom is -0.467 e. The quantitative estimate of drug-likeness (QED) is 0.0826. The molecule has 5 aromatic rings. The van der Waals surface area contributed by atoms with Crippen LogP contribution in [0.25, 0.3) is 11.0 Å². The summed E-state index contributed by atoms with van der Waals surface area (Å²) in [6, 6.07) is 29.7. The lowest BCUT2D eigenvalue weighted by molar-refractivity contribution is -0.384. The van der Waals surface area contributed by atoms with E-state index in [1.54, 1.807) is 18.2 Å². The summed E-state index contributed by atoms with van der Waals surface area (Å²) in [5.41, 5.74) is -2.07. The van der Waals surface area contributed by atoms with Crippen LogP contribution < -0.4 is 15.7 Å². The van der Waals surface area contributed by atoms with Crippen LogP contribution in [-0.4, -0.2) is 68.6 Å². The number of carbonyl (C=O) groups excluding carboxylic acids is 1. The van der Waals surface area contributed by atoms with Crippen molar-refractivity contribution in [1.29, 1.82) is 0 Å². The molecular weight excluding hydrogens is 689 g/mol. The number of rotatable bonds is 11. The van der Waals surface area contributed by atoms with Gasteiger partial charge in [0.1, 0.15) is 11.9 Å². The fraction of sp³-hybridized carbons (Fsp3) is 0.297.